The van der Waals surface area contributed by atoms with Crippen molar-refractivity contribution in [1.29, 1.82) is 0 Å². The molecule has 6 nitrogen and oxygen atoms in total. The molecule has 100 valence electrons. The number of hydrogen-bond donors (Lipinski definition) is 3. The second-order valence-corrected chi connectivity index (χ2v) is 4.13. The van der Waals surface area contributed by atoms with Gasteiger partial charge in [-0.2, -0.15) is 5.10 Å². The number of carbonyl (C=O) groups excluding carboxylic acids is 1. The number of rotatable bonds is 6. The average Bonchev–Trinajstić information content (AvgIpc) is 2.96. The Balaban J connectivity index is 2.01. The molecular formula is C13H17N5O. The van der Waals surface area contributed by atoms with Crippen LogP contribution < -0.4 is 10.6 Å². The van der Waals surface area contributed by atoms with Gasteiger partial charge >= 0.3 is 0 Å². The highest BCUT2D eigenvalue weighted by Crippen LogP contribution is 2.09. The van der Waals surface area contributed by atoms with Crippen molar-refractivity contribution in [3.8, 4) is 0 Å². The van der Waals surface area contributed by atoms with E-state index in [0.29, 0.717) is 17.9 Å². The quantitative estimate of drug-likeness (QED) is 0.705. The fraction of sp³-hybridized carbons (Fsp3) is 0.308. The van der Waals surface area contributed by atoms with E-state index in [1.54, 1.807) is 0 Å². The summed E-state index contributed by atoms with van der Waals surface area (Å²) in [5.41, 5.74) is 1.74. The van der Waals surface area contributed by atoms with Crippen LogP contribution in [0.15, 0.2) is 30.6 Å². The maximum Gasteiger partial charge on any atom is 0.251 e. The minimum absolute atomic E-state index is 0.0943. The van der Waals surface area contributed by atoms with Crippen LogP contribution in [0.5, 0.6) is 0 Å². The van der Waals surface area contributed by atoms with Gasteiger partial charge < -0.3 is 10.6 Å². The Morgan fingerprint density at radius 2 is 2.21 bits per heavy atom. The van der Waals surface area contributed by atoms with Crippen molar-refractivity contribution in [1.82, 2.24) is 25.8 Å². The first-order valence-corrected chi connectivity index (χ1v) is 6.16. The third-order valence-electron chi connectivity index (χ3n) is 2.79. The second-order valence-electron chi connectivity index (χ2n) is 4.13. The highest BCUT2D eigenvalue weighted by molar-refractivity contribution is 5.95. The molecule has 2 aromatic rings. The Morgan fingerprint density at radius 1 is 1.37 bits per heavy atom. The number of carbonyl (C=O) groups is 1. The summed E-state index contributed by atoms with van der Waals surface area (Å²) in [6.45, 7) is 1.19. The van der Waals surface area contributed by atoms with E-state index < -0.39 is 0 Å². The molecule has 0 aliphatic heterocycles. The lowest BCUT2D eigenvalue weighted by Gasteiger charge is -2.09. The monoisotopic (exact) mass is 259 g/mol. The molecule has 6 heteroatoms. The van der Waals surface area contributed by atoms with Crippen molar-refractivity contribution in [2.24, 2.45) is 0 Å². The standard InChI is InChI=1S/C13H17N5O/c1-14-7-6-10-4-2-3-5-11(10)13(19)15-8-12-16-9-17-18-12/h2-5,9,14H,6-8H2,1H3,(H,15,19)(H,16,17,18). The summed E-state index contributed by atoms with van der Waals surface area (Å²) < 4.78 is 0. The Bertz CT molecular complexity index is 524. The fourth-order valence-corrected chi connectivity index (χ4v) is 1.79. The maximum absolute atomic E-state index is 12.1. The van der Waals surface area contributed by atoms with Gasteiger partial charge in [0.05, 0.1) is 6.54 Å². The maximum atomic E-state index is 12.1. The highest BCUT2D eigenvalue weighted by Gasteiger charge is 2.10. The van der Waals surface area contributed by atoms with E-state index in [1.165, 1.54) is 6.33 Å². The molecule has 1 aromatic heterocycles. The molecule has 0 aliphatic rings. The summed E-state index contributed by atoms with van der Waals surface area (Å²) >= 11 is 0. The van der Waals surface area contributed by atoms with E-state index in [1.807, 2.05) is 31.3 Å². The van der Waals surface area contributed by atoms with Crippen LogP contribution in [-0.2, 0) is 13.0 Å². The van der Waals surface area contributed by atoms with Gasteiger partial charge in [-0.1, -0.05) is 18.2 Å². The van der Waals surface area contributed by atoms with Crippen LogP contribution in [0, 0.1) is 0 Å². The predicted molar refractivity (Wildman–Crippen MR) is 71.6 cm³/mol. The molecule has 0 radical (unpaired) electrons. The number of aromatic amines is 1. The predicted octanol–water partition coefficient (Wildman–Crippen LogP) is 0.497. The van der Waals surface area contributed by atoms with Gasteiger partial charge in [-0.25, -0.2) is 4.98 Å². The molecule has 3 N–H and O–H groups in total. The zero-order valence-electron chi connectivity index (χ0n) is 10.8. The summed E-state index contributed by atoms with van der Waals surface area (Å²) in [7, 11) is 1.90. The molecule has 2 rings (SSSR count). The van der Waals surface area contributed by atoms with Gasteiger partial charge in [0.15, 0.2) is 0 Å². The number of nitrogens with zero attached hydrogens (tertiary/aromatic N) is 2. The zero-order valence-corrected chi connectivity index (χ0v) is 10.8. The molecule has 0 aliphatic carbocycles. The minimum atomic E-state index is -0.0943. The largest absolute Gasteiger partial charge is 0.345 e. The van der Waals surface area contributed by atoms with Crippen LogP contribution in [0.3, 0.4) is 0 Å². The van der Waals surface area contributed by atoms with Crippen LogP contribution >= 0.6 is 0 Å². The van der Waals surface area contributed by atoms with Gasteiger partial charge in [0.2, 0.25) is 0 Å². The first-order chi connectivity index (χ1) is 9.31. The fourth-order valence-electron chi connectivity index (χ4n) is 1.79. The molecule has 0 spiro atoms. The van der Waals surface area contributed by atoms with Crippen LogP contribution in [0.2, 0.25) is 0 Å². The van der Waals surface area contributed by atoms with Crippen LogP contribution in [0.1, 0.15) is 21.7 Å². The number of nitrogens with one attached hydrogen (secondary N) is 3. The van der Waals surface area contributed by atoms with Gasteiger partial charge in [0.25, 0.3) is 5.91 Å². The summed E-state index contributed by atoms with van der Waals surface area (Å²) in [6, 6.07) is 7.62. The Kier molecular flexibility index (Phi) is 4.63. The molecule has 0 atom stereocenters. The van der Waals surface area contributed by atoms with E-state index >= 15 is 0 Å². The van der Waals surface area contributed by atoms with Crippen LogP contribution in [-0.4, -0.2) is 34.7 Å². The first-order valence-electron chi connectivity index (χ1n) is 6.16. The van der Waals surface area contributed by atoms with Gasteiger partial charge in [0.1, 0.15) is 12.2 Å². The number of benzene rings is 1. The Hall–Kier alpha value is -2.21. The van der Waals surface area contributed by atoms with Gasteiger partial charge in [-0.05, 0) is 31.6 Å². The molecule has 19 heavy (non-hydrogen) atoms. The van der Waals surface area contributed by atoms with Crippen molar-refractivity contribution < 1.29 is 4.79 Å². The van der Waals surface area contributed by atoms with Crippen molar-refractivity contribution in [2.75, 3.05) is 13.6 Å². The molecule has 1 aromatic carbocycles. The summed E-state index contributed by atoms with van der Waals surface area (Å²) in [5, 5.41) is 12.3. The minimum Gasteiger partial charge on any atom is -0.345 e. The molecular weight excluding hydrogens is 242 g/mol. The summed E-state index contributed by atoms with van der Waals surface area (Å²) in [5.74, 6) is 0.546. The van der Waals surface area contributed by atoms with Crippen LogP contribution in [0.25, 0.3) is 0 Å². The normalized spacial score (nSPS) is 10.4. The van der Waals surface area contributed by atoms with E-state index in [4.69, 9.17) is 0 Å². The zero-order chi connectivity index (χ0) is 13.5. The van der Waals surface area contributed by atoms with E-state index in [9.17, 15) is 4.79 Å². The molecule has 0 fully saturated rings. The average molecular weight is 259 g/mol. The van der Waals surface area contributed by atoms with Crippen molar-refractivity contribution in [3.63, 3.8) is 0 Å². The number of hydrogen-bond acceptors (Lipinski definition) is 4. The second kappa shape index (κ2) is 6.65. The van der Waals surface area contributed by atoms with E-state index in [2.05, 4.69) is 25.8 Å². The molecule has 0 saturated carbocycles. The van der Waals surface area contributed by atoms with E-state index in [-0.39, 0.29) is 5.91 Å². The van der Waals surface area contributed by atoms with Gasteiger partial charge in [-0.15, -0.1) is 0 Å². The van der Waals surface area contributed by atoms with Crippen molar-refractivity contribution in [2.45, 2.75) is 13.0 Å². The smallest absolute Gasteiger partial charge is 0.251 e. The van der Waals surface area contributed by atoms with Crippen molar-refractivity contribution >= 4 is 5.91 Å². The molecule has 0 saturated heterocycles. The first kappa shape index (κ1) is 13.2. The highest BCUT2D eigenvalue weighted by atomic mass is 16.1. The lowest BCUT2D eigenvalue weighted by Crippen LogP contribution is -2.25. The Labute approximate surface area is 111 Å². The number of H-pyrrole nitrogens is 1. The molecule has 1 amide bonds. The number of aromatic nitrogens is 3. The molecule has 0 unspecified atom stereocenters. The lowest BCUT2D eigenvalue weighted by atomic mass is 10.0. The summed E-state index contributed by atoms with van der Waals surface area (Å²) in [4.78, 5) is 16.1. The molecule has 0 bridgehead atoms. The lowest BCUT2D eigenvalue weighted by molar-refractivity contribution is 0.0949. The number of likely N-dealkylation sites (N-methyl/N-ethyl adjacent to an activating group) is 1. The van der Waals surface area contributed by atoms with Gasteiger partial charge in [-0.3, -0.25) is 9.89 Å². The van der Waals surface area contributed by atoms with E-state index in [0.717, 1.165) is 18.5 Å². The number of amides is 1. The van der Waals surface area contributed by atoms with Crippen molar-refractivity contribution in [3.05, 3.63) is 47.5 Å². The Morgan fingerprint density at radius 3 is 2.95 bits per heavy atom. The third-order valence-corrected chi connectivity index (χ3v) is 2.79. The third kappa shape index (κ3) is 3.62. The topological polar surface area (TPSA) is 82.7 Å². The molecule has 1 heterocycles. The van der Waals surface area contributed by atoms with Crippen LogP contribution in [0.4, 0.5) is 0 Å². The SMILES string of the molecule is CNCCc1ccccc1C(=O)NCc1ncn[nH]1. The summed E-state index contributed by atoms with van der Waals surface area (Å²) in [6.07, 6.45) is 2.24. The van der Waals surface area contributed by atoms with Gasteiger partial charge in [0, 0.05) is 5.56 Å².